The number of ether oxygens (including phenoxy) is 1. The van der Waals surface area contributed by atoms with Crippen molar-refractivity contribution < 1.29 is 14.7 Å². The van der Waals surface area contributed by atoms with Crippen LogP contribution in [0.15, 0.2) is 5.16 Å². The van der Waals surface area contributed by atoms with E-state index in [4.69, 9.17) is 15.7 Å². The summed E-state index contributed by atoms with van der Waals surface area (Å²) in [5, 5.41) is 15.0. The van der Waals surface area contributed by atoms with E-state index in [-0.39, 0.29) is 23.7 Å². The van der Waals surface area contributed by atoms with Gasteiger partial charge in [-0.25, -0.2) is 0 Å². The predicted octanol–water partition coefficient (Wildman–Crippen LogP) is 1.47. The van der Waals surface area contributed by atoms with Crippen LogP contribution in [0.2, 0.25) is 0 Å². The van der Waals surface area contributed by atoms with Gasteiger partial charge < -0.3 is 21.0 Å². The number of amides is 1. The van der Waals surface area contributed by atoms with Crippen LogP contribution in [0, 0.1) is 11.3 Å². The number of amidine groups is 1. The van der Waals surface area contributed by atoms with Gasteiger partial charge in [0.25, 0.3) is 0 Å². The van der Waals surface area contributed by atoms with E-state index in [1.807, 2.05) is 20.8 Å². The average Bonchev–Trinajstić information content (AvgIpc) is 2.92. The zero-order valence-electron chi connectivity index (χ0n) is 12.7. The van der Waals surface area contributed by atoms with E-state index in [2.05, 4.69) is 10.5 Å². The minimum absolute atomic E-state index is 0.0198. The second kappa shape index (κ2) is 7.47. The standard InChI is InChI=1S/C14H27N3O3/c1-4-20-9-11(10(2)3)16-13(18)14(12(15)17-19)7-5-6-8-14/h10-11,19H,4-9H2,1-3H3,(H2,15,17)(H,16,18). The van der Waals surface area contributed by atoms with Crippen molar-refractivity contribution in [2.45, 2.75) is 52.5 Å². The zero-order valence-corrected chi connectivity index (χ0v) is 12.7. The third kappa shape index (κ3) is 3.62. The third-order valence-corrected chi connectivity index (χ3v) is 4.11. The third-order valence-electron chi connectivity index (χ3n) is 4.11. The lowest BCUT2D eigenvalue weighted by molar-refractivity contribution is -0.129. The summed E-state index contributed by atoms with van der Waals surface area (Å²) in [6.45, 7) is 7.09. The lowest BCUT2D eigenvalue weighted by Crippen LogP contribution is -2.53. The molecule has 1 fully saturated rings. The highest BCUT2D eigenvalue weighted by Gasteiger charge is 2.46. The molecule has 0 saturated heterocycles. The summed E-state index contributed by atoms with van der Waals surface area (Å²) >= 11 is 0. The van der Waals surface area contributed by atoms with E-state index in [1.165, 1.54) is 0 Å². The molecule has 0 spiro atoms. The molecular formula is C14H27N3O3. The van der Waals surface area contributed by atoms with E-state index in [0.29, 0.717) is 26.1 Å². The van der Waals surface area contributed by atoms with Gasteiger partial charge in [0.05, 0.1) is 12.6 Å². The molecule has 0 aromatic carbocycles. The van der Waals surface area contributed by atoms with Gasteiger partial charge >= 0.3 is 0 Å². The second-order valence-electron chi connectivity index (χ2n) is 5.76. The Balaban J connectivity index is 2.80. The molecule has 1 unspecified atom stereocenters. The van der Waals surface area contributed by atoms with Crippen molar-refractivity contribution in [3.05, 3.63) is 0 Å². The molecule has 0 aliphatic heterocycles. The van der Waals surface area contributed by atoms with Crippen molar-refractivity contribution in [1.29, 1.82) is 0 Å². The minimum Gasteiger partial charge on any atom is -0.409 e. The largest absolute Gasteiger partial charge is 0.409 e. The van der Waals surface area contributed by atoms with E-state index < -0.39 is 5.41 Å². The predicted molar refractivity (Wildman–Crippen MR) is 77.6 cm³/mol. The molecule has 6 nitrogen and oxygen atoms in total. The topological polar surface area (TPSA) is 96.9 Å². The first kappa shape index (κ1) is 16.8. The number of nitrogens with one attached hydrogen (secondary N) is 1. The first-order chi connectivity index (χ1) is 9.47. The summed E-state index contributed by atoms with van der Waals surface area (Å²) in [6.07, 6.45) is 3.10. The van der Waals surface area contributed by atoms with Gasteiger partial charge in [0, 0.05) is 6.61 Å². The maximum Gasteiger partial charge on any atom is 0.234 e. The molecule has 1 atom stereocenters. The summed E-state index contributed by atoms with van der Waals surface area (Å²) in [5.74, 6) is 0.131. The number of carbonyl (C=O) groups is 1. The molecule has 0 aromatic rings. The summed E-state index contributed by atoms with van der Waals surface area (Å²) < 4.78 is 5.41. The minimum atomic E-state index is -0.853. The van der Waals surface area contributed by atoms with Crippen molar-refractivity contribution in [2.24, 2.45) is 22.2 Å². The molecule has 1 aliphatic rings. The molecule has 4 N–H and O–H groups in total. The maximum atomic E-state index is 12.6. The number of oxime groups is 1. The van der Waals surface area contributed by atoms with Crippen molar-refractivity contribution in [3.63, 3.8) is 0 Å². The molecule has 0 bridgehead atoms. The molecule has 20 heavy (non-hydrogen) atoms. The van der Waals surface area contributed by atoms with Crippen LogP contribution in [0.1, 0.15) is 46.5 Å². The highest BCUT2D eigenvalue weighted by molar-refractivity contribution is 6.07. The normalized spacial score (nSPS) is 20.1. The van der Waals surface area contributed by atoms with Crippen LogP contribution in [0.4, 0.5) is 0 Å². The summed E-state index contributed by atoms with van der Waals surface area (Å²) in [7, 11) is 0. The lowest BCUT2D eigenvalue weighted by Gasteiger charge is -2.30. The van der Waals surface area contributed by atoms with E-state index in [0.717, 1.165) is 12.8 Å². The van der Waals surface area contributed by atoms with Crippen LogP contribution in [0.5, 0.6) is 0 Å². The smallest absolute Gasteiger partial charge is 0.234 e. The van der Waals surface area contributed by atoms with Gasteiger partial charge in [-0.05, 0) is 25.7 Å². The fourth-order valence-electron chi connectivity index (χ4n) is 2.63. The van der Waals surface area contributed by atoms with Gasteiger partial charge in [-0.3, -0.25) is 4.79 Å². The fraction of sp³-hybridized carbons (Fsp3) is 0.857. The maximum absolute atomic E-state index is 12.6. The van der Waals surface area contributed by atoms with Gasteiger partial charge in [0.1, 0.15) is 5.41 Å². The first-order valence-electron chi connectivity index (χ1n) is 7.34. The van der Waals surface area contributed by atoms with Gasteiger partial charge in [-0.2, -0.15) is 0 Å². The molecule has 6 heteroatoms. The Hall–Kier alpha value is -1.30. The zero-order chi connectivity index (χ0) is 15.2. The molecule has 1 rings (SSSR count). The van der Waals surface area contributed by atoms with Gasteiger partial charge in [-0.1, -0.05) is 31.8 Å². The highest BCUT2D eigenvalue weighted by atomic mass is 16.5. The molecular weight excluding hydrogens is 258 g/mol. The summed E-state index contributed by atoms with van der Waals surface area (Å²) in [5.41, 5.74) is 4.92. The molecule has 0 aromatic heterocycles. The van der Waals surface area contributed by atoms with Gasteiger partial charge in [0.2, 0.25) is 5.91 Å². The summed E-state index contributed by atoms with van der Waals surface area (Å²) in [4.78, 5) is 12.6. The lowest BCUT2D eigenvalue weighted by atomic mass is 9.83. The quantitative estimate of drug-likeness (QED) is 0.285. The van der Waals surface area contributed by atoms with Crippen LogP contribution in [-0.2, 0) is 9.53 Å². The molecule has 0 radical (unpaired) electrons. The number of nitrogens with two attached hydrogens (primary N) is 1. The summed E-state index contributed by atoms with van der Waals surface area (Å²) in [6, 6.07) is -0.0635. The number of hydrogen-bond acceptors (Lipinski definition) is 4. The SMILES string of the molecule is CCOCC(NC(=O)C1(C(N)=NO)CCCC1)C(C)C. The molecule has 0 heterocycles. The van der Waals surface area contributed by atoms with Crippen molar-refractivity contribution in [3.8, 4) is 0 Å². The first-order valence-corrected chi connectivity index (χ1v) is 7.34. The average molecular weight is 285 g/mol. The van der Waals surface area contributed by atoms with Crippen LogP contribution < -0.4 is 11.1 Å². The highest BCUT2D eigenvalue weighted by Crippen LogP contribution is 2.38. The Morgan fingerprint density at radius 3 is 2.50 bits per heavy atom. The Morgan fingerprint density at radius 1 is 1.45 bits per heavy atom. The second-order valence-corrected chi connectivity index (χ2v) is 5.76. The monoisotopic (exact) mass is 285 g/mol. The van der Waals surface area contributed by atoms with Crippen molar-refractivity contribution >= 4 is 11.7 Å². The Kier molecular flexibility index (Phi) is 6.26. The van der Waals surface area contributed by atoms with Crippen LogP contribution in [0.25, 0.3) is 0 Å². The van der Waals surface area contributed by atoms with Crippen LogP contribution in [0.3, 0.4) is 0 Å². The van der Waals surface area contributed by atoms with E-state index in [9.17, 15) is 4.79 Å². The molecule has 1 saturated carbocycles. The number of rotatable bonds is 7. The Labute approximate surface area is 120 Å². The Morgan fingerprint density at radius 2 is 2.05 bits per heavy atom. The van der Waals surface area contributed by atoms with Crippen LogP contribution in [-0.4, -0.2) is 36.2 Å². The van der Waals surface area contributed by atoms with Crippen LogP contribution >= 0.6 is 0 Å². The van der Waals surface area contributed by atoms with Crippen molar-refractivity contribution in [2.75, 3.05) is 13.2 Å². The molecule has 1 aliphatic carbocycles. The van der Waals surface area contributed by atoms with E-state index >= 15 is 0 Å². The number of hydrogen-bond donors (Lipinski definition) is 3. The van der Waals surface area contributed by atoms with Crippen molar-refractivity contribution in [1.82, 2.24) is 5.32 Å². The molecule has 116 valence electrons. The van der Waals surface area contributed by atoms with Gasteiger partial charge in [0.15, 0.2) is 5.84 Å². The Bertz CT molecular complexity index is 350. The van der Waals surface area contributed by atoms with Gasteiger partial charge in [-0.15, -0.1) is 0 Å². The fourth-order valence-corrected chi connectivity index (χ4v) is 2.63. The number of carbonyl (C=O) groups excluding carboxylic acids is 1. The molecule has 1 amide bonds. The number of nitrogens with zero attached hydrogens (tertiary/aromatic N) is 1. The van der Waals surface area contributed by atoms with E-state index in [1.54, 1.807) is 0 Å².